The summed E-state index contributed by atoms with van der Waals surface area (Å²) in [4.78, 5) is 16.8. The number of carbonyl (C=O) groups excluding carboxylic acids is 1. The highest BCUT2D eigenvalue weighted by Gasteiger charge is 2.14. The van der Waals surface area contributed by atoms with Crippen LogP contribution < -0.4 is 9.47 Å². The van der Waals surface area contributed by atoms with Crippen molar-refractivity contribution in [3.05, 3.63) is 54.4 Å². The number of aryl methyl sites for hydroxylation is 1. The van der Waals surface area contributed by atoms with Gasteiger partial charge in [0.05, 0.1) is 17.6 Å². The van der Waals surface area contributed by atoms with E-state index in [-0.39, 0.29) is 12.5 Å². The number of para-hydroxylation sites is 2. The van der Waals surface area contributed by atoms with Crippen LogP contribution in [0.25, 0.3) is 11.0 Å². The quantitative estimate of drug-likeness (QED) is 0.724. The van der Waals surface area contributed by atoms with E-state index >= 15 is 0 Å². The Bertz CT molecular complexity index is 822. The molecule has 118 valence electrons. The van der Waals surface area contributed by atoms with Crippen LogP contribution in [-0.2, 0) is 0 Å². The monoisotopic (exact) mass is 310 g/mol. The Morgan fingerprint density at radius 3 is 2.39 bits per heavy atom. The van der Waals surface area contributed by atoms with Crippen molar-refractivity contribution in [1.82, 2.24) is 9.55 Å². The summed E-state index contributed by atoms with van der Waals surface area (Å²) in [5, 5.41) is 0. The van der Waals surface area contributed by atoms with Gasteiger partial charge in [0.2, 0.25) is 0 Å². The van der Waals surface area contributed by atoms with Crippen molar-refractivity contribution in [1.29, 1.82) is 0 Å². The molecular weight excluding hydrogens is 292 g/mol. The second-order valence-electron chi connectivity index (χ2n) is 5.07. The van der Waals surface area contributed by atoms with Gasteiger partial charge < -0.3 is 9.47 Å². The van der Waals surface area contributed by atoms with Gasteiger partial charge in [0.25, 0.3) is 5.91 Å². The van der Waals surface area contributed by atoms with Gasteiger partial charge in [0, 0.05) is 0 Å². The molecule has 1 aromatic heterocycles. The molecule has 1 heterocycles. The molecule has 0 saturated heterocycles. The van der Waals surface area contributed by atoms with Crippen LogP contribution in [0.3, 0.4) is 0 Å². The Kier molecular flexibility index (Phi) is 4.28. The van der Waals surface area contributed by atoms with Crippen LogP contribution in [0.4, 0.5) is 0 Å². The molecule has 0 saturated carbocycles. The van der Waals surface area contributed by atoms with Crippen molar-refractivity contribution >= 4 is 16.9 Å². The van der Waals surface area contributed by atoms with E-state index in [1.54, 1.807) is 16.7 Å². The third-order valence-corrected chi connectivity index (χ3v) is 3.47. The van der Waals surface area contributed by atoms with Gasteiger partial charge in [-0.1, -0.05) is 12.1 Å². The lowest BCUT2D eigenvalue weighted by Crippen LogP contribution is -2.20. The largest absolute Gasteiger partial charge is 0.494 e. The SMILES string of the molecule is CCOc1ccc(OCC(=O)n2c(C)nc3ccccc32)cc1. The summed E-state index contributed by atoms with van der Waals surface area (Å²) in [6, 6.07) is 14.8. The zero-order valence-corrected chi connectivity index (χ0v) is 13.2. The highest BCUT2D eigenvalue weighted by molar-refractivity contribution is 5.91. The second kappa shape index (κ2) is 6.52. The Hall–Kier alpha value is -2.82. The van der Waals surface area contributed by atoms with E-state index in [1.807, 2.05) is 50.2 Å². The normalized spacial score (nSPS) is 10.7. The number of rotatable bonds is 5. The molecule has 0 N–H and O–H groups in total. The first-order valence-electron chi connectivity index (χ1n) is 7.52. The smallest absolute Gasteiger partial charge is 0.270 e. The number of ether oxygens (including phenoxy) is 2. The molecular formula is C18H18N2O3. The summed E-state index contributed by atoms with van der Waals surface area (Å²) in [6.07, 6.45) is 0. The van der Waals surface area contributed by atoms with Crippen molar-refractivity contribution in [2.45, 2.75) is 13.8 Å². The van der Waals surface area contributed by atoms with Gasteiger partial charge in [0.1, 0.15) is 17.3 Å². The molecule has 0 amide bonds. The Balaban J connectivity index is 1.72. The topological polar surface area (TPSA) is 53.4 Å². The summed E-state index contributed by atoms with van der Waals surface area (Å²) in [7, 11) is 0. The number of nitrogens with zero attached hydrogens (tertiary/aromatic N) is 2. The molecule has 2 aromatic carbocycles. The van der Waals surface area contributed by atoms with Crippen molar-refractivity contribution in [2.75, 3.05) is 13.2 Å². The van der Waals surface area contributed by atoms with Gasteiger partial charge in [-0.05, 0) is 50.2 Å². The average Bonchev–Trinajstić information content (AvgIpc) is 2.90. The van der Waals surface area contributed by atoms with Crippen LogP contribution in [-0.4, -0.2) is 28.7 Å². The standard InChI is InChI=1S/C18H18N2O3/c1-3-22-14-8-10-15(11-9-14)23-12-18(21)20-13(2)19-16-6-4-5-7-17(16)20/h4-11H,3,12H2,1-2H3. The lowest BCUT2D eigenvalue weighted by Gasteiger charge is -2.09. The van der Waals surface area contributed by atoms with Gasteiger partial charge in [-0.15, -0.1) is 0 Å². The molecule has 0 aliphatic rings. The highest BCUT2D eigenvalue weighted by atomic mass is 16.5. The summed E-state index contributed by atoms with van der Waals surface area (Å²) in [6.45, 7) is 4.32. The molecule has 0 spiro atoms. The highest BCUT2D eigenvalue weighted by Crippen LogP contribution is 2.18. The number of benzene rings is 2. The van der Waals surface area contributed by atoms with Crippen LogP contribution in [0.15, 0.2) is 48.5 Å². The first kappa shape index (κ1) is 15.1. The molecule has 23 heavy (non-hydrogen) atoms. The van der Waals surface area contributed by atoms with E-state index in [0.29, 0.717) is 18.2 Å². The van der Waals surface area contributed by atoms with E-state index in [9.17, 15) is 4.79 Å². The zero-order chi connectivity index (χ0) is 16.2. The van der Waals surface area contributed by atoms with E-state index in [4.69, 9.17) is 9.47 Å². The second-order valence-corrected chi connectivity index (χ2v) is 5.07. The van der Waals surface area contributed by atoms with Crippen molar-refractivity contribution in [3.63, 3.8) is 0 Å². The fourth-order valence-electron chi connectivity index (χ4n) is 2.47. The average molecular weight is 310 g/mol. The minimum absolute atomic E-state index is 0.0465. The van der Waals surface area contributed by atoms with Crippen LogP contribution in [0, 0.1) is 6.92 Å². The molecule has 3 aromatic rings. The van der Waals surface area contributed by atoms with Crippen LogP contribution >= 0.6 is 0 Å². The van der Waals surface area contributed by atoms with Gasteiger partial charge in [-0.25, -0.2) is 4.98 Å². The maximum atomic E-state index is 12.5. The predicted octanol–water partition coefficient (Wildman–Crippen LogP) is 3.46. The van der Waals surface area contributed by atoms with E-state index in [1.165, 1.54) is 0 Å². The molecule has 0 radical (unpaired) electrons. The summed E-state index contributed by atoms with van der Waals surface area (Å²) < 4.78 is 12.5. The maximum Gasteiger partial charge on any atom is 0.270 e. The van der Waals surface area contributed by atoms with Gasteiger partial charge in [-0.3, -0.25) is 9.36 Å². The molecule has 0 atom stereocenters. The lowest BCUT2D eigenvalue weighted by atomic mass is 10.3. The van der Waals surface area contributed by atoms with Crippen molar-refractivity contribution in [3.8, 4) is 11.5 Å². The maximum absolute atomic E-state index is 12.5. The number of carbonyl (C=O) groups is 1. The Labute approximate surface area is 134 Å². The molecule has 5 nitrogen and oxygen atoms in total. The van der Waals surface area contributed by atoms with E-state index < -0.39 is 0 Å². The number of hydrogen-bond acceptors (Lipinski definition) is 4. The molecule has 0 aliphatic carbocycles. The predicted molar refractivity (Wildman–Crippen MR) is 88.2 cm³/mol. The van der Waals surface area contributed by atoms with Crippen molar-refractivity contribution in [2.24, 2.45) is 0 Å². The third kappa shape index (κ3) is 3.18. The summed E-state index contributed by atoms with van der Waals surface area (Å²) in [5.41, 5.74) is 1.60. The number of hydrogen-bond donors (Lipinski definition) is 0. The first-order chi connectivity index (χ1) is 11.2. The Morgan fingerprint density at radius 1 is 1.04 bits per heavy atom. The summed E-state index contributed by atoms with van der Waals surface area (Å²) in [5.74, 6) is 1.92. The van der Waals surface area contributed by atoms with Crippen molar-refractivity contribution < 1.29 is 14.3 Å². The number of imidazole rings is 1. The number of fused-ring (bicyclic) bond motifs is 1. The van der Waals surface area contributed by atoms with Crippen LogP contribution in [0.2, 0.25) is 0 Å². The molecule has 3 rings (SSSR count). The third-order valence-electron chi connectivity index (χ3n) is 3.47. The fraction of sp³-hybridized carbons (Fsp3) is 0.222. The minimum Gasteiger partial charge on any atom is -0.494 e. The van der Waals surface area contributed by atoms with E-state index in [0.717, 1.165) is 16.8 Å². The fourth-order valence-corrected chi connectivity index (χ4v) is 2.47. The molecule has 0 fully saturated rings. The van der Waals surface area contributed by atoms with Crippen LogP contribution in [0.5, 0.6) is 11.5 Å². The van der Waals surface area contributed by atoms with Crippen LogP contribution in [0.1, 0.15) is 17.5 Å². The molecule has 0 aliphatic heterocycles. The molecule has 5 heteroatoms. The van der Waals surface area contributed by atoms with E-state index in [2.05, 4.69) is 4.98 Å². The lowest BCUT2D eigenvalue weighted by molar-refractivity contribution is 0.0840. The van der Waals surface area contributed by atoms with Gasteiger partial charge >= 0.3 is 0 Å². The van der Waals surface area contributed by atoms with Gasteiger partial charge in [-0.2, -0.15) is 0 Å². The van der Waals surface area contributed by atoms with Gasteiger partial charge in [0.15, 0.2) is 6.61 Å². The number of aromatic nitrogens is 2. The Morgan fingerprint density at radius 2 is 1.70 bits per heavy atom. The molecule has 0 bridgehead atoms. The minimum atomic E-state index is -0.148. The zero-order valence-electron chi connectivity index (χ0n) is 13.2. The first-order valence-corrected chi connectivity index (χ1v) is 7.52. The summed E-state index contributed by atoms with van der Waals surface area (Å²) >= 11 is 0. The molecule has 0 unspecified atom stereocenters.